The van der Waals surface area contributed by atoms with Crippen LogP contribution in [0.15, 0.2) is 70.4 Å². The molecular weight excluding hydrogens is 280 g/mol. The number of oxazole rings is 1. The Hall–Kier alpha value is -3.08. The largest absolute Gasteiger partial charge is 0.487 e. The van der Waals surface area contributed by atoms with Crippen LogP contribution in [0.4, 0.5) is 0 Å². The van der Waals surface area contributed by atoms with Gasteiger partial charge in [-0.3, -0.25) is 0 Å². The number of hydrogen-bond donors (Lipinski definition) is 1. The van der Waals surface area contributed by atoms with E-state index in [4.69, 9.17) is 14.4 Å². The summed E-state index contributed by atoms with van der Waals surface area (Å²) < 4.78 is 11.1. The smallest absolute Gasteiger partial charge is 0.226 e. The van der Waals surface area contributed by atoms with Crippen LogP contribution in [-0.4, -0.2) is 16.4 Å². The van der Waals surface area contributed by atoms with Crippen molar-refractivity contribution in [1.29, 1.82) is 0 Å². The van der Waals surface area contributed by atoms with E-state index in [2.05, 4.69) is 10.1 Å². The first kappa shape index (κ1) is 13.9. The van der Waals surface area contributed by atoms with Crippen molar-refractivity contribution in [3.8, 4) is 17.2 Å². The van der Waals surface area contributed by atoms with E-state index in [1.807, 2.05) is 48.5 Å². The summed E-state index contributed by atoms with van der Waals surface area (Å²) >= 11 is 0. The highest BCUT2D eigenvalue weighted by Crippen LogP contribution is 2.19. The van der Waals surface area contributed by atoms with Crippen LogP contribution in [0, 0.1) is 0 Å². The van der Waals surface area contributed by atoms with Crippen LogP contribution in [0.3, 0.4) is 0 Å². The third-order valence-electron chi connectivity index (χ3n) is 3.02. The summed E-state index contributed by atoms with van der Waals surface area (Å²) in [7, 11) is 0. The maximum absolute atomic E-state index is 8.54. The normalized spacial score (nSPS) is 10.9. The van der Waals surface area contributed by atoms with E-state index in [1.54, 1.807) is 12.3 Å². The molecule has 0 atom stereocenters. The molecule has 1 heterocycles. The Kier molecular flexibility index (Phi) is 4.15. The van der Waals surface area contributed by atoms with Gasteiger partial charge in [0.25, 0.3) is 0 Å². The summed E-state index contributed by atoms with van der Waals surface area (Å²) in [6, 6.07) is 16.9. The maximum atomic E-state index is 8.54. The molecule has 1 aromatic heterocycles. The van der Waals surface area contributed by atoms with E-state index < -0.39 is 0 Å². The van der Waals surface area contributed by atoms with Gasteiger partial charge in [0, 0.05) is 5.56 Å². The van der Waals surface area contributed by atoms with Gasteiger partial charge in [-0.2, -0.15) is 0 Å². The predicted octanol–water partition coefficient (Wildman–Crippen LogP) is 3.73. The lowest BCUT2D eigenvalue weighted by molar-refractivity contribution is 0.301. The number of rotatable bonds is 5. The number of benzene rings is 2. The third-order valence-corrected chi connectivity index (χ3v) is 3.02. The molecule has 1 N–H and O–H groups in total. The number of oxime groups is 1. The highest BCUT2D eigenvalue weighted by molar-refractivity contribution is 5.79. The van der Waals surface area contributed by atoms with E-state index in [1.165, 1.54) is 6.21 Å². The quantitative estimate of drug-likeness (QED) is 0.442. The molecule has 0 aliphatic heterocycles. The molecule has 3 aromatic rings. The van der Waals surface area contributed by atoms with Gasteiger partial charge in [0.05, 0.1) is 6.21 Å². The average molecular weight is 294 g/mol. The van der Waals surface area contributed by atoms with Gasteiger partial charge in [-0.15, -0.1) is 0 Å². The van der Waals surface area contributed by atoms with Crippen molar-refractivity contribution in [2.75, 3.05) is 0 Å². The Labute approximate surface area is 127 Å². The molecule has 0 saturated heterocycles. The molecule has 0 radical (unpaired) electrons. The summed E-state index contributed by atoms with van der Waals surface area (Å²) in [5.74, 6) is 1.24. The molecule has 5 nitrogen and oxygen atoms in total. The van der Waals surface area contributed by atoms with Crippen LogP contribution in [0.2, 0.25) is 0 Å². The Morgan fingerprint density at radius 1 is 1.14 bits per heavy atom. The Balaban J connectivity index is 1.67. The van der Waals surface area contributed by atoms with Gasteiger partial charge in [-0.25, -0.2) is 4.98 Å². The average Bonchev–Trinajstić information content (AvgIpc) is 3.04. The SMILES string of the molecule is O/N=C/c1cccc(OCc2coc(-c3ccccc3)n2)c1. The van der Waals surface area contributed by atoms with Gasteiger partial charge >= 0.3 is 0 Å². The predicted molar refractivity (Wildman–Crippen MR) is 82.1 cm³/mol. The second kappa shape index (κ2) is 6.58. The monoisotopic (exact) mass is 294 g/mol. The molecule has 0 spiro atoms. The van der Waals surface area contributed by atoms with Crippen LogP contribution >= 0.6 is 0 Å². The zero-order valence-corrected chi connectivity index (χ0v) is 11.7. The van der Waals surface area contributed by atoms with Crippen molar-refractivity contribution >= 4 is 6.21 Å². The van der Waals surface area contributed by atoms with Gasteiger partial charge in [0.1, 0.15) is 24.3 Å². The van der Waals surface area contributed by atoms with Gasteiger partial charge in [0.2, 0.25) is 5.89 Å². The summed E-state index contributed by atoms with van der Waals surface area (Å²) in [5.41, 5.74) is 2.39. The summed E-state index contributed by atoms with van der Waals surface area (Å²) in [6.45, 7) is 0.302. The molecule has 110 valence electrons. The second-order valence-electron chi connectivity index (χ2n) is 4.62. The Bertz CT molecular complexity index is 766. The van der Waals surface area contributed by atoms with Gasteiger partial charge in [-0.05, 0) is 29.8 Å². The minimum absolute atomic E-state index is 0.302. The van der Waals surface area contributed by atoms with E-state index in [0.29, 0.717) is 23.9 Å². The van der Waals surface area contributed by atoms with Crippen molar-refractivity contribution in [3.63, 3.8) is 0 Å². The second-order valence-corrected chi connectivity index (χ2v) is 4.62. The topological polar surface area (TPSA) is 67.9 Å². The summed E-state index contributed by atoms with van der Waals surface area (Å²) in [5, 5.41) is 11.5. The molecule has 3 rings (SSSR count). The minimum Gasteiger partial charge on any atom is -0.487 e. The standard InChI is InChI=1S/C17H14N2O3/c20-18-10-13-5-4-8-16(9-13)21-11-15-12-22-17(19-15)14-6-2-1-3-7-14/h1-10,12,20H,11H2/b18-10+. The van der Waals surface area contributed by atoms with E-state index in [0.717, 1.165) is 11.1 Å². The third kappa shape index (κ3) is 3.32. The first-order chi connectivity index (χ1) is 10.8. The molecule has 0 fully saturated rings. The number of nitrogens with zero attached hydrogens (tertiary/aromatic N) is 2. The van der Waals surface area contributed by atoms with E-state index in [-0.39, 0.29) is 0 Å². The molecule has 0 saturated carbocycles. The molecule has 2 aromatic carbocycles. The highest BCUT2D eigenvalue weighted by Gasteiger charge is 2.06. The molecule has 0 aliphatic rings. The first-order valence-corrected chi connectivity index (χ1v) is 6.75. The molecule has 0 amide bonds. The lowest BCUT2D eigenvalue weighted by Crippen LogP contribution is -1.96. The Morgan fingerprint density at radius 2 is 2.00 bits per heavy atom. The number of ether oxygens (including phenoxy) is 1. The summed E-state index contributed by atoms with van der Waals surface area (Å²) in [6.07, 6.45) is 2.93. The van der Waals surface area contributed by atoms with Crippen molar-refractivity contribution < 1.29 is 14.4 Å². The van der Waals surface area contributed by atoms with Crippen molar-refractivity contribution in [3.05, 3.63) is 72.1 Å². The fraction of sp³-hybridized carbons (Fsp3) is 0.0588. The van der Waals surface area contributed by atoms with Crippen LogP contribution in [0.5, 0.6) is 5.75 Å². The van der Waals surface area contributed by atoms with E-state index >= 15 is 0 Å². The molecule has 5 heteroatoms. The van der Waals surface area contributed by atoms with E-state index in [9.17, 15) is 0 Å². The fourth-order valence-corrected chi connectivity index (χ4v) is 2.00. The zero-order valence-electron chi connectivity index (χ0n) is 11.7. The zero-order chi connectivity index (χ0) is 15.2. The van der Waals surface area contributed by atoms with Gasteiger partial charge < -0.3 is 14.4 Å². The van der Waals surface area contributed by atoms with Gasteiger partial charge in [-0.1, -0.05) is 35.5 Å². The molecule has 0 unspecified atom stereocenters. The van der Waals surface area contributed by atoms with Gasteiger partial charge in [0.15, 0.2) is 0 Å². The maximum Gasteiger partial charge on any atom is 0.226 e. The minimum atomic E-state index is 0.302. The Morgan fingerprint density at radius 3 is 2.82 bits per heavy atom. The summed E-state index contributed by atoms with van der Waals surface area (Å²) in [4.78, 5) is 4.40. The molecule has 22 heavy (non-hydrogen) atoms. The van der Waals surface area contributed by atoms with Crippen LogP contribution in [-0.2, 0) is 6.61 Å². The van der Waals surface area contributed by atoms with Crippen molar-refractivity contribution in [2.45, 2.75) is 6.61 Å². The number of aromatic nitrogens is 1. The molecular formula is C17H14N2O3. The molecule has 0 aliphatic carbocycles. The first-order valence-electron chi connectivity index (χ1n) is 6.75. The fourth-order valence-electron chi connectivity index (χ4n) is 2.00. The highest BCUT2D eigenvalue weighted by atomic mass is 16.5. The van der Waals surface area contributed by atoms with Crippen molar-refractivity contribution in [2.24, 2.45) is 5.16 Å². The number of hydrogen-bond acceptors (Lipinski definition) is 5. The lowest BCUT2D eigenvalue weighted by Gasteiger charge is -2.04. The lowest BCUT2D eigenvalue weighted by atomic mass is 10.2. The van der Waals surface area contributed by atoms with Crippen molar-refractivity contribution in [1.82, 2.24) is 4.98 Å². The van der Waals surface area contributed by atoms with Crippen LogP contribution in [0.25, 0.3) is 11.5 Å². The van der Waals surface area contributed by atoms with Crippen LogP contribution < -0.4 is 4.74 Å². The van der Waals surface area contributed by atoms with Crippen LogP contribution in [0.1, 0.15) is 11.3 Å². The molecule has 0 bridgehead atoms.